The number of carbonyl (C=O) groups is 1. The summed E-state index contributed by atoms with van der Waals surface area (Å²) in [6.07, 6.45) is 0. The summed E-state index contributed by atoms with van der Waals surface area (Å²) in [5, 5.41) is 26.7. The molecule has 0 spiro atoms. The second-order valence-corrected chi connectivity index (χ2v) is 4.30. The molecule has 0 unspecified atom stereocenters. The van der Waals surface area contributed by atoms with Gasteiger partial charge in [0.05, 0.1) is 5.56 Å². The molecule has 7 nitrogen and oxygen atoms in total. The molecule has 10 heteroatoms. The van der Waals surface area contributed by atoms with E-state index in [1.54, 1.807) is 0 Å². The highest BCUT2D eigenvalue weighted by molar-refractivity contribution is 7.81. The van der Waals surface area contributed by atoms with Crippen molar-refractivity contribution in [1.82, 2.24) is 0 Å². The van der Waals surface area contributed by atoms with Crippen LogP contribution in [0.15, 0.2) is 12.1 Å². The highest BCUT2D eigenvalue weighted by Crippen LogP contribution is 2.20. The first-order valence-electron chi connectivity index (χ1n) is 4.50. The number of halogens is 1. The van der Waals surface area contributed by atoms with Crippen molar-refractivity contribution in [1.29, 1.82) is 0 Å². The van der Waals surface area contributed by atoms with Gasteiger partial charge < -0.3 is 19.3 Å². The van der Waals surface area contributed by atoms with E-state index in [1.165, 1.54) is 6.92 Å². The maximum absolute atomic E-state index is 12.4. The molecule has 0 aromatic heterocycles. The molecule has 1 aromatic carbocycles. The third-order valence-electron chi connectivity index (χ3n) is 2.11. The molecule has 0 heterocycles. The Morgan fingerprint density at radius 2 is 1.94 bits per heavy atom. The van der Waals surface area contributed by atoms with Crippen LogP contribution in [-0.4, -0.2) is 36.7 Å². The average molecular weight is 278 g/mol. The topological polar surface area (TPSA) is 121 Å². The molecule has 0 atom stereocenters. The number of carboxylic acid groups (broad SMARTS) is 1. The molecule has 0 amide bonds. The van der Waals surface area contributed by atoms with Gasteiger partial charge in [-0.05, 0) is 30.1 Å². The Hall–Kier alpha value is -1.65. The van der Waals surface area contributed by atoms with Crippen LogP contribution in [0.5, 0.6) is 5.75 Å². The summed E-state index contributed by atoms with van der Waals surface area (Å²) in [6, 6.07) is 1.68. The highest BCUT2D eigenvalue weighted by Gasteiger charge is 2.23. The predicted molar refractivity (Wildman–Crippen MR) is 58.6 cm³/mol. The maximum atomic E-state index is 12.4. The summed E-state index contributed by atoms with van der Waals surface area (Å²) in [6.45, 7) is 1.22. The second kappa shape index (κ2) is 4.92. The van der Waals surface area contributed by atoms with Crippen molar-refractivity contribution in [3.63, 3.8) is 0 Å². The van der Waals surface area contributed by atoms with Crippen molar-refractivity contribution in [2.75, 3.05) is 0 Å². The van der Waals surface area contributed by atoms with E-state index in [2.05, 4.69) is 4.18 Å². The zero-order valence-electron chi connectivity index (χ0n) is 8.99. The van der Waals surface area contributed by atoms with Crippen LogP contribution in [0.2, 0.25) is 0 Å². The smallest absolute Gasteiger partial charge is 0.478 e. The van der Waals surface area contributed by atoms with E-state index < -0.39 is 34.9 Å². The van der Waals surface area contributed by atoms with Crippen molar-refractivity contribution in [2.24, 2.45) is 0 Å². The fourth-order valence-corrected chi connectivity index (χ4v) is 1.68. The van der Waals surface area contributed by atoms with E-state index in [0.29, 0.717) is 0 Å². The molecule has 3 N–H and O–H groups in total. The zero-order valence-corrected chi connectivity index (χ0v) is 9.81. The quantitative estimate of drug-likeness (QED) is 0.475. The van der Waals surface area contributed by atoms with Crippen LogP contribution >= 0.6 is 0 Å². The number of hydrogen-bond donors (Lipinski definition) is 3. The van der Waals surface area contributed by atoms with Gasteiger partial charge in [0.25, 0.3) is 0 Å². The van der Waals surface area contributed by atoms with Crippen LogP contribution in [0.25, 0.3) is 0 Å². The number of benzene rings is 1. The Balaban J connectivity index is 3.45. The Bertz CT molecular complexity index is 583. The molecule has 0 saturated heterocycles. The molecule has 98 valence electrons. The standard InChI is InChI=1S/C8H8BFO7S/c1-4-6(9(13)14)2-5(8(11)12)3-7(4)17-18(10,15)16/h2-3,13-14H,1H3,(H,11,12). The molecule has 18 heavy (non-hydrogen) atoms. The van der Waals surface area contributed by atoms with Gasteiger partial charge in [0.1, 0.15) is 5.75 Å². The van der Waals surface area contributed by atoms with Crippen molar-refractivity contribution in [3.05, 3.63) is 23.3 Å². The summed E-state index contributed by atoms with van der Waals surface area (Å²) in [7, 11) is -7.39. The minimum atomic E-state index is -5.34. The van der Waals surface area contributed by atoms with Crippen LogP contribution in [0, 0.1) is 6.92 Å². The highest BCUT2D eigenvalue weighted by atomic mass is 32.3. The van der Waals surface area contributed by atoms with Gasteiger partial charge in [-0.15, -0.1) is 0 Å². The van der Waals surface area contributed by atoms with Crippen molar-refractivity contribution < 1.29 is 36.4 Å². The molecule has 1 rings (SSSR count). The molecule has 0 aliphatic carbocycles. The van der Waals surface area contributed by atoms with Gasteiger partial charge in [-0.2, -0.15) is 8.42 Å². The van der Waals surface area contributed by atoms with E-state index in [1.807, 2.05) is 0 Å². The molecule has 0 saturated carbocycles. The Morgan fingerprint density at radius 3 is 2.33 bits per heavy atom. The summed E-state index contributed by atoms with van der Waals surface area (Å²) in [5.74, 6) is -2.08. The normalized spacial score (nSPS) is 11.1. The van der Waals surface area contributed by atoms with E-state index >= 15 is 0 Å². The Labute approximate surface area is 102 Å². The van der Waals surface area contributed by atoms with E-state index in [4.69, 9.17) is 15.2 Å². The first kappa shape index (κ1) is 14.4. The second-order valence-electron chi connectivity index (χ2n) is 3.34. The minimum absolute atomic E-state index is 0.101. The molecule has 0 fully saturated rings. The third-order valence-corrected chi connectivity index (χ3v) is 2.49. The molecule has 0 aliphatic heterocycles. The maximum Gasteiger partial charge on any atom is 0.488 e. The minimum Gasteiger partial charge on any atom is -0.478 e. The Kier molecular flexibility index (Phi) is 3.94. The van der Waals surface area contributed by atoms with Crippen LogP contribution in [0.1, 0.15) is 15.9 Å². The fraction of sp³-hybridized carbons (Fsp3) is 0.125. The summed E-state index contributed by atoms with van der Waals surface area (Å²) >= 11 is 0. The van der Waals surface area contributed by atoms with Gasteiger partial charge >= 0.3 is 23.6 Å². The molecule has 0 bridgehead atoms. The van der Waals surface area contributed by atoms with Crippen molar-refractivity contribution >= 4 is 29.1 Å². The molecular formula is C8H8BFO7S. The monoisotopic (exact) mass is 278 g/mol. The van der Waals surface area contributed by atoms with E-state index in [-0.39, 0.29) is 11.0 Å². The van der Waals surface area contributed by atoms with Gasteiger partial charge in [-0.3, -0.25) is 0 Å². The third kappa shape index (κ3) is 3.42. The molecular weight excluding hydrogens is 270 g/mol. The molecule has 0 radical (unpaired) electrons. The van der Waals surface area contributed by atoms with Crippen LogP contribution in [-0.2, 0) is 10.5 Å². The number of carboxylic acids is 1. The lowest BCUT2D eigenvalue weighted by molar-refractivity contribution is 0.0696. The van der Waals surface area contributed by atoms with Crippen molar-refractivity contribution in [3.8, 4) is 5.75 Å². The van der Waals surface area contributed by atoms with Gasteiger partial charge in [0.2, 0.25) is 0 Å². The first-order chi connectivity index (χ1) is 8.11. The van der Waals surface area contributed by atoms with Crippen LogP contribution in [0.4, 0.5) is 3.89 Å². The lowest BCUT2D eigenvalue weighted by Crippen LogP contribution is -2.33. The summed E-state index contributed by atoms with van der Waals surface area (Å²) in [5.41, 5.74) is -0.868. The zero-order chi connectivity index (χ0) is 14.1. The van der Waals surface area contributed by atoms with Crippen LogP contribution < -0.4 is 9.65 Å². The molecule has 0 aliphatic rings. The van der Waals surface area contributed by atoms with Gasteiger partial charge in [0.15, 0.2) is 0 Å². The van der Waals surface area contributed by atoms with E-state index in [9.17, 15) is 17.1 Å². The van der Waals surface area contributed by atoms with Crippen LogP contribution in [0.3, 0.4) is 0 Å². The van der Waals surface area contributed by atoms with Crippen molar-refractivity contribution in [2.45, 2.75) is 6.92 Å². The predicted octanol–water partition coefficient (Wildman–Crippen LogP) is -1.03. The largest absolute Gasteiger partial charge is 0.488 e. The molecule has 1 aromatic rings. The SMILES string of the molecule is Cc1c(OS(=O)(=O)F)cc(C(=O)O)cc1B(O)O. The lowest BCUT2D eigenvalue weighted by Gasteiger charge is -2.11. The number of aromatic carboxylic acids is 1. The lowest BCUT2D eigenvalue weighted by atomic mass is 9.76. The summed E-state index contributed by atoms with van der Waals surface area (Å²) in [4.78, 5) is 10.7. The van der Waals surface area contributed by atoms with Gasteiger partial charge in [-0.1, -0.05) is 3.89 Å². The summed E-state index contributed by atoms with van der Waals surface area (Å²) < 4.78 is 37.0. The Morgan fingerprint density at radius 1 is 1.39 bits per heavy atom. The van der Waals surface area contributed by atoms with Gasteiger partial charge in [-0.25, -0.2) is 4.79 Å². The number of hydrogen-bond acceptors (Lipinski definition) is 6. The average Bonchev–Trinajstić information content (AvgIpc) is 2.18. The fourth-order valence-electron chi connectivity index (χ4n) is 1.29. The van der Waals surface area contributed by atoms with Gasteiger partial charge in [0, 0.05) is 0 Å². The number of rotatable bonds is 4. The van der Waals surface area contributed by atoms with E-state index in [0.717, 1.165) is 12.1 Å². The first-order valence-corrected chi connectivity index (χ1v) is 5.80.